The van der Waals surface area contributed by atoms with Crippen molar-refractivity contribution in [3.63, 3.8) is 0 Å². The van der Waals surface area contributed by atoms with Gasteiger partial charge in [-0.15, -0.1) is 0 Å². The van der Waals surface area contributed by atoms with E-state index < -0.39 is 5.60 Å². The van der Waals surface area contributed by atoms with Gasteiger partial charge in [-0.1, -0.05) is 25.3 Å². The van der Waals surface area contributed by atoms with Gasteiger partial charge in [-0.05, 0) is 38.7 Å². The lowest BCUT2D eigenvalue weighted by Crippen LogP contribution is -2.30. The summed E-state index contributed by atoms with van der Waals surface area (Å²) < 4.78 is 0. The number of hydrogen-bond acceptors (Lipinski definition) is 2. The molecule has 80 valence electrons. The number of Topliss-reactive ketones (excluding diaryl/α,β-unsaturated/α-hetero) is 1. The number of carbonyl (C=O) groups is 1. The van der Waals surface area contributed by atoms with Crippen LogP contribution in [0.3, 0.4) is 0 Å². The van der Waals surface area contributed by atoms with Crippen LogP contribution in [-0.4, -0.2) is 16.5 Å². The van der Waals surface area contributed by atoms with Crippen molar-refractivity contribution in [3.8, 4) is 0 Å². The van der Waals surface area contributed by atoms with Gasteiger partial charge in [-0.3, -0.25) is 4.79 Å². The number of aliphatic hydroxyl groups is 1. The molecule has 1 unspecified atom stereocenters. The highest BCUT2D eigenvalue weighted by Gasteiger charge is 2.22. The summed E-state index contributed by atoms with van der Waals surface area (Å²) in [7, 11) is 0. The molecule has 0 heterocycles. The highest BCUT2D eigenvalue weighted by molar-refractivity contribution is 5.86. The molecular weight excluding hydrogens is 176 g/mol. The zero-order valence-electron chi connectivity index (χ0n) is 9.12. The molecule has 14 heavy (non-hydrogen) atoms. The van der Waals surface area contributed by atoms with Gasteiger partial charge in [0.1, 0.15) is 5.60 Å². The molecule has 0 aromatic heterocycles. The van der Waals surface area contributed by atoms with Crippen LogP contribution in [0.15, 0.2) is 12.2 Å². The van der Waals surface area contributed by atoms with Crippen molar-refractivity contribution in [3.05, 3.63) is 12.2 Å². The molecule has 1 N–H and O–H groups in total. The fraction of sp³-hybridized carbons (Fsp3) is 0.750. The smallest absolute Gasteiger partial charge is 0.164 e. The molecule has 0 radical (unpaired) electrons. The highest BCUT2D eigenvalue weighted by Crippen LogP contribution is 2.25. The average molecular weight is 196 g/mol. The predicted molar refractivity (Wildman–Crippen MR) is 57.0 cm³/mol. The second kappa shape index (κ2) is 4.74. The maximum Gasteiger partial charge on any atom is 0.164 e. The molecule has 1 aliphatic carbocycles. The van der Waals surface area contributed by atoms with Crippen LogP contribution in [0.1, 0.15) is 46.0 Å². The van der Waals surface area contributed by atoms with Gasteiger partial charge in [-0.25, -0.2) is 0 Å². The molecule has 1 aliphatic rings. The lowest BCUT2D eigenvalue weighted by Gasteiger charge is -2.20. The van der Waals surface area contributed by atoms with Crippen LogP contribution in [0.4, 0.5) is 0 Å². The molecule has 0 amide bonds. The normalized spacial score (nSPS) is 23.6. The standard InChI is InChI=1S/C12H20O2/c1-10(13)12(2,14)9-8-11-6-4-3-5-7-11/h8-9,11,14H,3-7H2,1-2H3/b9-8+. The first-order valence-electron chi connectivity index (χ1n) is 5.45. The number of rotatable bonds is 3. The Hall–Kier alpha value is -0.630. The second-order valence-corrected chi connectivity index (χ2v) is 4.46. The molecule has 2 nitrogen and oxygen atoms in total. The summed E-state index contributed by atoms with van der Waals surface area (Å²) in [6.07, 6.45) is 9.95. The molecule has 1 fully saturated rings. The molecule has 0 saturated heterocycles. The zero-order chi connectivity index (χ0) is 10.6. The van der Waals surface area contributed by atoms with Crippen LogP contribution in [0, 0.1) is 5.92 Å². The summed E-state index contributed by atoms with van der Waals surface area (Å²) in [6.45, 7) is 2.97. The van der Waals surface area contributed by atoms with E-state index in [0.717, 1.165) is 0 Å². The van der Waals surface area contributed by atoms with Gasteiger partial charge in [0.25, 0.3) is 0 Å². The molecule has 0 aromatic rings. The van der Waals surface area contributed by atoms with Crippen molar-refractivity contribution in [2.75, 3.05) is 0 Å². The third-order valence-electron chi connectivity index (χ3n) is 3.06. The summed E-state index contributed by atoms with van der Waals surface area (Å²) in [4.78, 5) is 11.0. The Kier molecular flexibility index (Phi) is 3.87. The lowest BCUT2D eigenvalue weighted by atomic mass is 9.87. The van der Waals surface area contributed by atoms with E-state index in [2.05, 4.69) is 0 Å². The van der Waals surface area contributed by atoms with Crippen LogP contribution < -0.4 is 0 Å². The maximum absolute atomic E-state index is 11.0. The Morgan fingerprint density at radius 1 is 1.36 bits per heavy atom. The molecule has 0 aliphatic heterocycles. The predicted octanol–water partition coefficient (Wildman–Crippen LogP) is 2.46. The molecule has 0 spiro atoms. The Bertz CT molecular complexity index is 222. The van der Waals surface area contributed by atoms with Crippen LogP contribution >= 0.6 is 0 Å². The second-order valence-electron chi connectivity index (χ2n) is 4.46. The van der Waals surface area contributed by atoms with Crippen LogP contribution in [-0.2, 0) is 4.79 Å². The van der Waals surface area contributed by atoms with E-state index in [9.17, 15) is 9.90 Å². The van der Waals surface area contributed by atoms with Crippen molar-refractivity contribution in [1.29, 1.82) is 0 Å². The molecule has 2 heteroatoms. The first-order chi connectivity index (χ1) is 6.52. The van der Waals surface area contributed by atoms with Crippen molar-refractivity contribution in [1.82, 2.24) is 0 Å². The van der Waals surface area contributed by atoms with Gasteiger partial charge in [0.05, 0.1) is 0 Å². The Balaban J connectivity index is 2.48. The van der Waals surface area contributed by atoms with Crippen LogP contribution in [0.25, 0.3) is 0 Å². The third kappa shape index (κ3) is 3.26. The van der Waals surface area contributed by atoms with E-state index in [4.69, 9.17) is 0 Å². The maximum atomic E-state index is 11.0. The fourth-order valence-corrected chi connectivity index (χ4v) is 1.77. The van der Waals surface area contributed by atoms with Gasteiger partial charge in [0, 0.05) is 0 Å². The van der Waals surface area contributed by atoms with Gasteiger partial charge in [-0.2, -0.15) is 0 Å². The largest absolute Gasteiger partial charge is 0.378 e. The fourth-order valence-electron chi connectivity index (χ4n) is 1.77. The first-order valence-corrected chi connectivity index (χ1v) is 5.45. The Morgan fingerprint density at radius 3 is 2.43 bits per heavy atom. The minimum atomic E-state index is -1.27. The SMILES string of the molecule is CC(=O)C(C)(O)/C=C/C1CCCCC1. The van der Waals surface area contributed by atoms with Crippen molar-refractivity contribution < 1.29 is 9.90 Å². The van der Waals surface area contributed by atoms with E-state index in [1.807, 2.05) is 6.08 Å². The number of ketones is 1. The number of allylic oxidation sites excluding steroid dienone is 1. The van der Waals surface area contributed by atoms with Crippen molar-refractivity contribution >= 4 is 5.78 Å². The van der Waals surface area contributed by atoms with E-state index in [-0.39, 0.29) is 5.78 Å². The lowest BCUT2D eigenvalue weighted by molar-refractivity contribution is -0.129. The monoisotopic (exact) mass is 196 g/mol. The summed E-state index contributed by atoms with van der Waals surface area (Å²) in [5, 5.41) is 9.69. The van der Waals surface area contributed by atoms with E-state index in [0.29, 0.717) is 5.92 Å². The molecule has 0 aromatic carbocycles. The van der Waals surface area contributed by atoms with Crippen LogP contribution in [0.5, 0.6) is 0 Å². The van der Waals surface area contributed by atoms with Gasteiger partial charge in [0.2, 0.25) is 0 Å². The third-order valence-corrected chi connectivity index (χ3v) is 3.06. The quantitative estimate of drug-likeness (QED) is 0.704. The number of carbonyl (C=O) groups excluding carboxylic acids is 1. The molecule has 1 rings (SSSR count). The van der Waals surface area contributed by atoms with Gasteiger partial charge >= 0.3 is 0 Å². The molecule has 0 bridgehead atoms. The summed E-state index contributed by atoms with van der Waals surface area (Å²) in [6, 6.07) is 0. The minimum Gasteiger partial charge on any atom is -0.378 e. The van der Waals surface area contributed by atoms with E-state index in [1.165, 1.54) is 39.0 Å². The number of hydrogen-bond donors (Lipinski definition) is 1. The topological polar surface area (TPSA) is 37.3 Å². The van der Waals surface area contributed by atoms with Crippen molar-refractivity contribution in [2.45, 2.75) is 51.6 Å². The van der Waals surface area contributed by atoms with Crippen molar-refractivity contribution in [2.24, 2.45) is 5.92 Å². The van der Waals surface area contributed by atoms with E-state index >= 15 is 0 Å². The Morgan fingerprint density at radius 2 is 1.93 bits per heavy atom. The van der Waals surface area contributed by atoms with Gasteiger partial charge < -0.3 is 5.11 Å². The zero-order valence-corrected chi connectivity index (χ0v) is 9.12. The Labute approximate surface area is 86.0 Å². The molecule has 1 saturated carbocycles. The van der Waals surface area contributed by atoms with E-state index in [1.54, 1.807) is 13.0 Å². The average Bonchev–Trinajstić information content (AvgIpc) is 2.16. The molecule has 1 atom stereocenters. The summed E-state index contributed by atoms with van der Waals surface area (Å²) >= 11 is 0. The minimum absolute atomic E-state index is 0.190. The summed E-state index contributed by atoms with van der Waals surface area (Å²) in [5.74, 6) is 0.374. The molecular formula is C12H20O2. The highest BCUT2D eigenvalue weighted by atomic mass is 16.3. The summed E-state index contributed by atoms with van der Waals surface area (Å²) in [5.41, 5.74) is -1.27. The van der Waals surface area contributed by atoms with Gasteiger partial charge in [0.15, 0.2) is 5.78 Å². The van der Waals surface area contributed by atoms with Crippen LogP contribution in [0.2, 0.25) is 0 Å². The first kappa shape index (κ1) is 11.4.